The van der Waals surface area contributed by atoms with Crippen molar-refractivity contribution in [1.29, 1.82) is 0 Å². The lowest BCUT2D eigenvalue weighted by atomic mass is 9.78. The van der Waals surface area contributed by atoms with Crippen LogP contribution in [-0.2, 0) is 6.54 Å². The fourth-order valence-electron chi connectivity index (χ4n) is 2.67. The van der Waals surface area contributed by atoms with E-state index < -0.39 is 0 Å². The Morgan fingerprint density at radius 2 is 2.11 bits per heavy atom. The second-order valence-corrected chi connectivity index (χ2v) is 6.77. The van der Waals surface area contributed by atoms with E-state index in [2.05, 4.69) is 55.2 Å². The van der Waals surface area contributed by atoms with Gasteiger partial charge in [0.15, 0.2) is 0 Å². The highest BCUT2D eigenvalue weighted by Crippen LogP contribution is 2.31. The molecule has 2 unspecified atom stereocenters. The zero-order valence-electron chi connectivity index (χ0n) is 12.7. The molecule has 2 atom stereocenters. The first-order valence-corrected chi connectivity index (χ1v) is 7.31. The fourth-order valence-corrected chi connectivity index (χ4v) is 2.67. The molecule has 1 heterocycles. The first kappa shape index (κ1) is 14.5. The normalized spacial score (nSPS) is 23.4. The lowest BCUT2D eigenvalue weighted by Crippen LogP contribution is -2.51. The molecular formula is C16H27N3. The van der Waals surface area contributed by atoms with Crippen LogP contribution in [0.5, 0.6) is 0 Å². The van der Waals surface area contributed by atoms with Crippen molar-refractivity contribution in [3.8, 4) is 0 Å². The molecule has 1 aliphatic rings. The molecule has 0 aromatic carbocycles. The van der Waals surface area contributed by atoms with E-state index in [0.29, 0.717) is 6.04 Å². The van der Waals surface area contributed by atoms with Crippen LogP contribution in [0.3, 0.4) is 0 Å². The number of hydrogen-bond donors (Lipinski definition) is 1. The number of hydrogen-bond acceptors (Lipinski definition) is 3. The Morgan fingerprint density at radius 1 is 1.32 bits per heavy atom. The number of nitrogens with zero attached hydrogens (tertiary/aromatic N) is 2. The van der Waals surface area contributed by atoms with E-state index in [1.54, 1.807) is 0 Å². The predicted octanol–water partition coefficient (Wildman–Crippen LogP) is 2.68. The van der Waals surface area contributed by atoms with Gasteiger partial charge in [-0.05, 0) is 65.3 Å². The van der Waals surface area contributed by atoms with Crippen LogP contribution in [0.1, 0.15) is 39.3 Å². The van der Waals surface area contributed by atoms with E-state index in [9.17, 15) is 0 Å². The molecule has 106 valence electrons. The van der Waals surface area contributed by atoms with Crippen LogP contribution in [0.2, 0.25) is 0 Å². The molecule has 0 aliphatic heterocycles. The van der Waals surface area contributed by atoms with Crippen LogP contribution in [0.4, 0.5) is 0 Å². The van der Waals surface area contributed by atoms with Crippen LogP contribution in [0, 0.1) is 5.92 Å². The van der Waals surface area contributed by atoms with Crippen molar-refractivity contribution in [3.63, 3.8) is 0 Å². The molecule has 0 saturated heterocycles. The van der Waals surface area contributed by atoms with E-state index in [1.165, 1.54) is 18.5 Å². The summed E-state index contributed by atoms with van der Waals surface area (Å²) in [6.07, 6.45) is 4.54. The summed E-state index contributed by atoms with van der Waals surface area (Å²) in [5.74, 6) is 0.785. The lowest BCUT2D eigenvalue weighted by Gasteiger charge is -2.44. The van der Waals surface area contributed by atoms with Gasteiger partial charge in [-0.3, -0.25) is 9.88 Å². The van der Waals surface area contributed by atoms with Crippen molar-refractivity contribution >= 4 is 0 Å². The third-order valence-electron chi connectivity index (χ3n) is 3.98. The van der Waals surface area contributed by atoms with Gasteiger partial charge in [0.2, 0.25) is 0 Å². The van der Waals surface area contributed by atoms with Crippen molar-refractivity contribution < 1.29 is 0 Å². The average molecular weight is 261 g/mol. The second-order valence-electron chi connectivity index (χ2n) is 6.77. The number of aromatic nitrogens is 1. The van der Waals surface area contributed by atoms with Crippen molar-refractivity contribution in [1.82, 2.24) is 15.2 Å². The van der Waals surface area contributed by atoms with Crippen LogP contribution in [0.15, 0.2) is 24.4 Å². The number of nitrogens with one attached hydrogen (secondary N) is 1. The predicted molar refractivity (Wildman–Crippen MR) is 80.0 cm³/mol. The molecule has 0 bridgehead atoms. The molecule has 1 aromatic heterocycles. The topological polar surface area (TPSA) is 28.2 Å². The third kappa shape index (κ3) is 4.29. The minimum Gasteiger partial charge on any atom is -0.312 e. The Labute approximate surface area is 117 Å². The van der Waals surface area contributed by atoms with E-state index in [1.807, 2.05) is 12.3 Å². The summed E-state index contributed by atoms with van der Waals surface area (Å²) in [5, 5.41) is 3.63. The maximum absolute atomic E-state index is 4.41. The van der Waals surface area contributed by atoms with E-state index >= 15 is 0 Å². The summed E-state index contributed by atoms with van der Waals surface area (Å²) >= 11 is 0. The van der Waals surface area contributed by atoms with Gasteiger partial charge in [0.05, 0.1) is 5.69 Å². The molecule has 0 amide bonds. The second kappa shape index (κ2) is 6.02. The lowest BCUT2D eigenvalue weighted by molar-refractivity contribution is 0.0729. The molecule has 1 N–H and O–H groups in total. The van der Waals surface area contributed by atoms with Gasteiger partial charge in [-0.2, -0.15) is 0 Å². The summed E-state index contributed by atoms with van der Waals surface area (Å²) < 4.78 is 0. The van der Waals surface area contributed by atoms with E-state index in [-0.39, 0.29) is 5.54 Å². The van der Waals surface area contributed by atoms with Gasteiger partial charge in [-0.15, -0.1) is 0 Å². The zero-order chi connectivity index (χ0) is 13.9. The Bertz CT molecular complexity index is 383. The van der Waals surface area contributed by atoms with Crippen molar-refractivity contribution in [2.75, 3.05) is 13.6 Å². The molecular weight excluding hydrogens is 234 g/mol. The minimum absolute atomic E-state index is 0.222. The quantitative estimate of drug-likeness (QED) is 0.883. The highest BCUT2D eigenvalue weighted by molar-refractivity contribution is 5.04. The van der Waals surface area contributed by atoms with Crippen molar-refractivity contribution in [2.45, 2.75) is 51.7 Å². The highest BCUT2D eigenvalue weighted by atomic mass is 15.2. The summed E-state index contributed by atoms with van der Waals surface area (Å²) in [7, 11) is 2.22. The number of rotatable bonds is 5. The molecule has 0 radical (unpaired) electrons. The van der Waals surface area contributed by atoms with Crippen LogP contribution < -0.4 is 5.32 Å². The summed E-state index contributed by atoms with van der Waals surface area (Å²) in [4.78, 5) is 6.87. The average Bonchev–Trinajstić information content (AvgIpc) is 2.27. The standard InChI is InChI=1S/C16H27N3/c1-16(2,3)18-11-13-8-9-15(13)19(4)12-14-7-5-6-10-17-14/h5-7,10,13,15,18H,8-9,11-12H2,1-4H3. The minimum atomic E-state index is 0.222. The maximum Gasteiger partial charge on any atom is 0.0543 e. The Morgan fingerprint density at radius 3 is 2.63 bits per heavy atom. The zero-order valence-corrected chi connectivity index (χ0v) is 12.7. The van der Waals surface area contributed by atoms with Gasteiger partial charge in [0.1, 0.15) is 0 Å². The maximum atomic E-state index is 4.41. The van der Waals surface area contributed by atoms with E-state index in [0.717, 1.165) is 19.0 Å². The molecule has 1 aromatic rings. The molecule has 0 spiro atoms. The molecule has 1 fully saturated rings. The van der Waals surface area contributed by atoms with Crippen LogP contribution in [-0.4, -0.2) is 35.1 Å². The van der Waals surface area contributed by atoms with Gasteiger partial charge in [-0.25, -0.2) is 0 Å². The summed E-state index contributed by atoms with van der Waals surface area (Å²) in [6, 6.07) is 6.85. The van der Waals surface area contributed by atoms with Crippen LogP contribution >= 0.6 is 0 Å². The third-order valence-corrected chi connectivity index (χ3v) is 3.98. The molecule has 1 saturated carbocycles. The fraction of sp³-hybridized carbons (Fsp3) is 0.688. The smallest absolute Gasteiger partial charge is 0.0543 e. The van der Waals surface area contributed by atoms with Gasteiger partial charge in [0.25, 0.3) is 0 Å². The molecule has 2 rings (SSSR count). The largest absolute Gasteiger partial charge is 0.312 e. The summed E-state index contributed by atoms with van der Waals surface area (Å²) in [5.41, 5.74) is 1.39. The van der Waals surface area contributed by atoms with Crippen molar-refractivity contribution in [2.24, 2.45) is 5.92 Å². The summed E-state index contributed by atoms with van der Waals surface area (Å²) in [6.45, 7) is 8.78. The SMILES string of the molecule is CN(Cc1ccccn1)C1CCC1CNC(C)(C)C. The Balaban J connectivity index is 1.81. The Kier molecular flexibility index (Phi) is 4.58. The first-order valence-electron chi connectivity index (χ1n) is 7.31. The van der Waals surface area contributed by atoms with Gasteiger partial charge in [0, 0.05) is 24.3 Å². The number of pyridine rings is 1. The van der Waals surface area contributed by atoms with Gasteiger partial charge in [-0.1, -0.05) is 6.07 Å². The molecule has 1 aliphatic carbocycles. The van der Waals surface area contributed by atoms with E-state index in [4.69, 9.17) is 0 Å². The van der Waals surface area contributed by atoms with Crippen LogP contribution in [0.25, 0.3) is 0 Å². The van der Waals surface area contributed by atoms with Gasteiger partial charge >= 0.3 is 0 Å². The molecule has 3 heteroatoms. The monoisotopic (exact) mass is 261 g/mol. The Hall–Kier alpha value is -0.930. The van der Waals surface area contributed by atoms with Crippen molar-refractivity contribution in [3.05, 3.63) is 30.1 Å². The van der Waals surface area contributed by atoms with Gasteiger partial charge < -0.3 is 5.32 Å². The molecule has 19 heavy (non-hydrogen) atoms. The highest BCUT2D eigenvalue weighted by Gasteiger charge is 2.34. The molecule has 3 nitrogen and oxygen atoms in total. The first-order chi connectivity index (χ1) is 8.96.